The van der Waals surface area contributed by atoms with Gasteiger partial charge in [-0.05, 0) is 70.6 Å². The number of rotatable bonds is 38. The minimum Gasteiger partial charge on any atom is -0.457 e. The third-order valence-electron chi connectivity index (χ3n) is 11.5. The van der Waals surface area contributed by atoms with Gasteiger partial charge in [-0.15, -0.1) is 0 Å². The van der Waals surface area contributed by atoms with Gasteiger partial charge in [0.25, 0.3) is 0 Å². The van der Waals surface area contributed by atoms with E-state index in [2.05, 4.69) is 74.6 Å². The summed E-state index contributed by atoms with van der Waals surface area (Å²) < 4.78 is 34.2. The lowest BCUT2D eigenvalue weighted by Crippen LogP contribution is -2.61. The fourth-order valence-corrected chi connectivity index (χ4v) is 7.43. The van der Waals surface area contributed by atoms with Gasteiger partial charge in [0.1, 0.15) is 54.9 Å². The topological polar surface area (TPSA) is 214 Å². The Morgan fingerprint density at radius 1 is 0.523 bits per heavy atom. The van der Waals surface area contributed by atoms with Crippen LogP contribution in [-0.4, -0.2) is 142 Å². The molecular weight excluding hydrogens is 837 g/mol. The van der Waals surface area contributed by atoms with E-state index in [9.17, 15) is 40.5 Å². The predicted octanol–water partition coefficient (Wildman–Crippen LogP) is 6.96. The number of aliphatic hydroxyl groups excluding tert-OH is 7. The van der Waals surface area contributed by atoms with Gasteiger partial charge in [0.2, 0.25) is 0 Å². The number of carbonyl (C=O) groups is 1. The minimum atomic E-state index is -1.71. The Kier molecular flexibility index (Phi) is 35.0. The van der Waals surface area contributed by atoms with Crippen LogP contribution in [0.15, 0.2) is 60.8 Å². The lowest BCUT2D eigenvalue weighted by Gasteiger charge is -2.42. The van der Waals surface area contributed by atoms with Crippen LogP contribution in [0.2, 0.25) is 0 Å². The van der Waals surface area contributed by atoms with Crippen LogP contribution < -0.4 is 0 Å². The fourth-order valence-electron chi connectivity index (χ4n) is 7.43. The number of hydrogen-bond acceptors (Lipinski definition) is 14. The molecule has 2 aliphatic rings. The van der Waals surface area contributed by atoms with Crippen molar-refractivity contribution >= 4 is 5.97 Å². The number of unbranched alkanes of at least 4 members (excludes halogenated alkanes) is 14. The predicted molar refractivity (Wildman–Crippen MR) is 252 cm³/mol. The number of ether oxygens (including phenoxy) is 6. The summed E-state index contributed by atoms with van der Waals surface area (Å²) in [5.41, 5.74) is 0. The Hall–Kier alpha value is -2.31. The number of carbonyl (C=O) groups excluding carboxylic acids is 1. The van der Waals surface area contributed by atoms with Crippen LogP contribution in [0.1, 0.15) is 155 Å². The van der Waals surface area contributed by atoms with E-state index in [0.717, 1.165) is 96.3 Å². The molecule has 65 heavy (non-hydrogen) atoms. The minimum absolute atomic E-state index is 0.0481. The highest BCUT2D eigenvalue weighted by atomic mass is 16.7. The van der Waals surface area contributed by atoms with Gasteiger partial charge in [0.05, 0.1) is 26.4 Å². The largest absolute Gasteiger partial charge is 0.457 e. The van der Waals surface area contributed by atoms with E-state index in [1.165, 1.54) is 32.1 Å². The molecule has 0 saturated carbocycles. The van der Waals surface area contributed by atoms with Crippen LogP contribution in [0, 0.1) is 0 Å². The molecule has 2 aliphatic heterocycles. The number of allylic oxidation sites excluding steroid dienone is 10. The molecular formula is C51H88O14. The molecule has 0 aromatic rings. The van der Waals surface area contributed by atoms with Crippen LogP contribution >= 0.6 is 0 Å². The molecule has 2 fully saturated rings. The molecule has 2 rings (SSSR count). The highest BCUT2D eigenvalue weighted by molar-refractivity contribution is 5.69. The van der Waals surface area contributed by atoms with Gasteiger partial charge in [-0.1, -0.05) is 139 Å². The van der Waals surface area contributed by atoms with E-state index in [0.29, 0.717) is 13.0 Å². The maximum absolute atomic E-state index is 12.9. The molecule has 0 bridgehead atoms. The summed E-state index contributed by atoms with van der Waals surface area (Å²) in [6.07, 6.45) is 28.6. The van der Waals surface area contributed by atoms with Crippen molar-refractivity contribution in [1.82, 2.24) is 0 Å². The monoisotopic (exact) mass is 925 g/mol. The first-order valence-electron chi connectivity index (χ1n) is 24.9. The SMILES string of the molecule is CC/C=C\C/C=C\C/C=C\C/C=C\CCCCCCCCCOCC(COC1OC(COC2OC(CO)C(O)C(O)C2O)C(O)C(O)C1O)OC(=O)CCCCCCC/C=C\CCCC. The van der Waals surface area contributed by atoms with E-state index in [4.69, 9.17) is 28.4 Å². The summed E-state index contributed by atoms with van der Waals surface area (Å²) in [6, 6.07) is 0. The zero-order valence-corrected chi connectivity index (χ0v) is 39.7. The molecule has 0 aliphatic carbocycles. The highest BCUT2D eigenvalue weighted by Crippen LogP contribution is 2.26. The Morgan fingerprint density at radius 3 is 1.58 bits per heavy atom. The van der Waals surface area contributed by atoms with Gasteiger partial charge < -0.3 is 64.2 Å². The van der Waals surface area contributed by atoms with Crippen LogP contribution in [-0.2, 0) is 33.2 Å². The van der Waals surface area contributed by atoms with E-state index < -0.39 is 86.7 Å². The average Bonchev–Trinajstić information content (AvgIpc) is 3.30. The van der Waals surface area contributed by atoms with Crippen LogP contribution in [0.5, 0.6) is 0 Å². The maximum Gasteiger partial charge on any atom is 0.306 e. The van der Waals surface area contributed by atoms with Crippen molar-refractivity contribution in [2.24, 2.45) is 0 Å². The number of hydrogen-bond donors (Lipinski definition) is 7. The quantitative estimate of drug-likeness (QED) is 0.0190. The summed E-state index contributed by atoms with van der Waals surface area (Å²) in [7, 11) is 0. The molecule has 0 amide bonds. The zero-order chi connectivity index (χ0) is 47.3. The normalized spacial score (nSPS) is 27.0. The highest BCUT2D eigenvalue weighted by Gasteiger charge is 2.47. The molecule has 11 atom stereocenters. The van der Waals surface area contributed by atoms with Gasteiger partial charge in [-0.25, -0.2) is 0 Å². The van der Waals surface area contributed by atoms with Crippen molar-refractivity contribution in [2.45, 2.75) is 223 Å². The third kappa shape index (κ3) is 26.7. The molecule has 2 heterocycles. The van der Waals surface area contributed by atoms with Crippen LogP contribution in [0.3, 0.4) is 0 Å². The standard InChI is InChI=1S/C51H88O14/c1-3-5-7-9-11-13-15-16-17-18-19-20-21-22-23-25-27-29-31-33-35-60-37-40(63-43(53)34-32-30-28-26-24-14-12-10-8-6-4-2)38-61-50-49(59)47(57)45(55)42(65-50)39-62-51-48(58)46(56)44(54)41(36-52)64-51/h5,7,10-13,16-17,19-20,40-42,44-52,54-59H,3-4,6,8-9,14-15,18,21-39H2,1-2H3/b7-5-,12-10-,13-11-,17-16-,20-19-. The van der Waals surface area contributed by atoms with Crippen LogP contribution in [0.4, 0.5) is 0 Å². The van der Waals surface area contributed by atoms with Crippen molar-refractivity contribution in [2.75, 3.05) is 33.0 Å². The molecule has 7 N–H and O–H groups in total. The van der Waals surface area contributed by atoms with Crippen molar-refractivity contribution < 1.29 is 69.0 Å². The summed E-state index contributed by atoms with van der Waals surface area (Å²) >= 11 is 0. The van der Waals surface area contributed by atoms with Crippen molar-refractivity contribution in [1.29, 1.82) is 0 Å². The molecule has 14 nitrogen and oxygen atoms in total. The Labute approximate surface area is 390 Å². The molecule has 0 radical (unpaired) electrons. The fraction of sp³-hybridized carbons (Fsp3) is 0.784. The first kappa shape index (κ1) is 58.8. The van der Waals surface area contributed by atoms with E-state index >= 15 is 0 Å². The lowest BCUT2D eigenvalue weighted by molar-refractivity contribution is -0.332. The van der Waals surface area contributed by atoms with Crippen molar-refractivity contribution in [3.8, 4) is 0 Å². The molecule has 0 aromatic heterocycles. The smallest absolute Gasteiger partial charge is 0.306 e. The molecule has 0 aromatic carbocycles. The first-order chi connectivity index (χ1) is 31.6. The van der Waals surface area contributed by atoms with E-state index in [1.54, 1.807) is 0 Å². The van der Waals surface area contributed by atoms with Gasteiger partial charge >= 0.3 is 5.97 Å². The molecule has 0 spiro atoms. The van der Waals surface area contributed by atoms with Crippen molar-refractivity contribution in [3.05, 3.63) is 60.8 Å². The Balaban J connectivity index is 1.76. The average molecular weight is 925 g/mol. The van der Waals surface area contributed by atoms with Gasteiger partial charge in [-0.3, -0.25) is 4.79 Å². The lowest BCUT2D eigenvalue weighted by atomic mass is 9.98. The molecule has 2 saturated heterocycles. The summed E-state index contributed by atoms with van der Waals surface area (Å²) in [6.45, 7) is 3.47. The number of esters is 1. The van der Waals surface area contributed by atoms with Crippen molar-refractivity contribution in [3.63, 3.8) is 0 Å². The Bertz CT molecular complexity index is 1300. The first-order valence-corrected chi connectivity index (χ1v) is 24.9. The second-order valence-corrected chi connectivity index (χ2v) is 17.3. The van der Waals surface area contributed by atoms with E-state index in [1.807, 2.05) is 0 Å². The second-order valence-electron chi connectivity index (χ2n) is 17.3. The summed E-state index contributed by atoms with van der Waals surface area (Å²) in [5.74, 6) is -0.394. The summed E-state index contributed by atoms with van der Waals surface area (Å²) in [5, 5.41) is 72.0. The second kappa shape index (κ2) is 38.6. The maximum atomic E-state index is 12.9. The summed E-state index contributed by atoms with van der Waals surface area (Å²) in [4.78, 5) is 12.9. The number of aliphatic hydroxyl groups is 7. The Morgan fingerprint density at radius 2 is 1.00 bits per heavy atom. The van der Waals surface area contributed by atoms with Crippen LogP contribution in [0.25, 0.3) is 0 Å². The zero-order valence-electron chi connectivity index (χ0n) is 39.7. The third-order valence-corrected chi connectivity index (χ3v) is 11.5. The molecule has 11 unspecified atom stereocenters. The molecule has 14 heteroatoms. The van der Waals surface area contributed by atoms with Gasteiger partial charge in [0.15, 0.2) is 12.6 Å². The van der Waals surface area contributed by atoms with Gasteiger partial charge in [0, 0.05) is 13.0 Å². The molecule has 376 valence electrons. The van der Waals surface area contributed by atoms with E-state index in [-0.39, 0.29) is 19.6 Å². The van der Waals surface area contributed by atoms with Gasteiger partial charge in [-0.2, -0.15) is 0 Å².